The van der Waals surface area contributed by atoms with Gasteiger partial charge >= 0.3 is 0 Å². The molecule has 1 fully saturated rings. The number of piperidine rings is 1. The third-order valence-corrected chi connectivity index (χ3v) is 7.17. The van der Waals surface area contributed by atoms with Crippen molar-refractivity contribution in [2.45, 2.75) is 45.2 Å². The van der Waals surface area contributed by atoms with Crippen LogP contribution in [0, 0.1) is 0 Å². The van der Waals surface area contributed by atoms with Crippen LogP contribution in [-0.4, -0.2) is 39.3 Å². The summed E-state index contributed by atoms with van der Waals surface area (Å²) in [7, 11) is -3.24. The van der Waals surface area contributed by atoms with Crippen molar-refractivity contribution in [3.05, 3.63) is 46.7 Å². The summed E-state index contributed by atoms with van der Waals surface area (Å²) in [4.78, 5) is 3.77. The van der Waals surface area contributed by atoms with E-state index in [9.17, 15) is 8.42 Å². The molecule has 3 rings (SSSR count). The molecular weight excluding hydrogens is 378 g/mol. The van der Waals surface area contributed by atoms with Gasteiger partial charge in [0.05, 0.1) is 11.4 Å². The maximum Gasteiger partial charge on any atom is 0.232 e. The van der Waals surface area contributed by atoms with Gasteiger partial charge in [0.2, 0.25) is 10.0 Å². The maximum absolute atomic E-state index is 11.8. The van der Waals surface area contributed by atoms with Crippen molar-refractivity contribution < 1.29 is 8.42 Å². The van der Waals surface area contributed by atoms with Crippen LogP contribution in [0.1, 0.15) is 31.6 Å². The standard InChI is InChI=1S/C20H29N3O2S2/c1-3-27(24,25)22-18-6-4-7-19(15-18)23-11-9-17(10-12-23)21-16(2)14-20-8-5-13-26-20/h4-8,13,15-17,21-22H,3,9-12,14H2,1-2H3/t16-/m0/s1. The number of hydrogen-bond acceptors (Lipinski definition) is 5. The van der Waals surface area contributed by atoms with E-state index in [2.05, 4.69) is 45.4 Å². The number of sulfonamides is 1. The lowest BCUT2D eigenvalue weighted by molar-refractivity contribution is 0.376. The van der Waals surface area contributed by atoms with Crippen molar-refractivity contribution in [2.75, 3.05) is 28.5 Å². The van der Waals surface area contributed by atoms with Gasteiger partial charge in [-0.25, -0.2) is 8.42 Å². The summed E-state index contributed by atoms with van der Waals surface area (Å²) < 4.78 is 26.2. The van der Waals surface area contributed by atoms with Gasteiger partial charge in [-0.2, -0.15) is 0 Å². The highest BCUT2D eigenvalue weighted by atomic mass is 32.2. The van der Waals surface area contributed by atoms with Gasteiger partial charge in [-0.1, -0.05) is 12.1 Å². The van der Waals surface area contributed by atoms with Crippen LogP contribution in [0.2, 0.25) is 0 Å². The Morgan fingerprint density at radius 1 is 1.22 bits per heavy atom. The van der Waals surface area contributed by atoms with Crippen molar-refractivity contribution in [1.82, 2.24) is 5.32 Å². The highest BCUT2D eigenvalue weighted by Gasteiger charge is 2.21. The van der Waals surface area contributed by atoms with Gasteiger partial charge in [0.25, 0.3) is 0 Å². The second-order valence-corrected chi connectivity index (χ2v) is 10.2. The van der Waals surface area contributed by atoms with E-state index in [1.807, 2.05) is 23.5 Å². The van der Waals surface area contributed by atoms with Crippen molar-refractivity contribution >= 4 is 32.7 Å². The highest BCUT2D eigenvalue weighted by molar-refractivity contribution is 7.92. The zero-order chi connectivity index (χ0) is 19.3. The third kappa shape index (κ3) is 5.96. The number of nitrogens with one attached hydrogen (secondary N) is 2. The fraction of sp³-hybridized carbons (Fsp3) is 0.500. The van der Waals surface area contributed by atoms with E-state index in [0.29, 0.717) is 17.8 Å². The Kier molecular flexibility index (Phi) is 6.78. The zero-order valence-corrected chi connectivity index (χ0v) is 17.7. The molecule has 7 heteroatoms. The van der Waals surface area contributed by atoms with Crippen LogP contribution in [0.15, 0.2) is 41.8 Å². The molecule has 27 heavy (non-hydrogen) atoms. The van der Waals surface area contributed by atoms with E-state index < -0.39 is 10.0 Å². The third-order valence-electron chi connectivity index (χ3n) is 4.97. The smallest absolute Gasteiger partial charge is 0.232 e. The summed E-state index contributed by atoms with van der Waals surface area (Å²) in [6.45, 7) is 5.86. The first-order valence-electron chi connectivity index (χ1n) is 9.59. The average molecular weight is 408 g/mol. The molecular formula is C20H29N3O2S2. The molecule has 2 aromatic rings. The highest BCUT2D eigenvalue weighted by Crippen LogP contribution is 2.24. The molecule has 0 amide bonds. The predicted octanol–water partition coefficient (Wildman–Crippen LogP) is 3.70. The molecule has 1 aliphatic heterocycles. The van der Waals surface area contributed by atoms with E-state index >= 15 is 0 Å². The van der Waals surface area contributed by atoms with E-state index in [0.717, 1.165) is 38.0 Å². The van der Waals surface area contributed by atoms with Crippen LogP contribution < -0.4 is 14.9 Å². The molecule has 0 bridgehead atoms. The van der Waals surface area contributed by atoms with E-state index in [1.165, 1.54) is 4.88 Å². The van der Waals surface area contributed by atoms with E-state index in [-0.39, 0.29) is 5.75 Å². The molecule has 2 N–H and O–H groups in total. The summed E-state index contributed by atoms with van der Waals surface area (Å²) in [6, 6.07) is 13.0. The largest absolute Gasteiger partial charge is 0.371 e. The van der Waals surface area contributed by atoms with Crippen LogP contribution in [0.4, 0.5) is 11.4 Å². The minimum Gasteiger partial charge on any atom is -0.371 e. The van der Waals surface area contributed by atoms with Crippen LogP contribution >= 0.6 is 11.3 Å². The van der Waals surface area contributed by atoms with Crippen LogP contribution in [0.5, 0.6) is 0 Å². The molecule has 5 nitrogen and oxygen atoms in total. The number of anilines is 2. The Labute approximate surface area is 166 Å². The molecule has 1 saturated heterocycles. The quantitative estimate of drug-likeness (QED) is 0.700. The van der Waals surface area contributed by atoms with Crippen LogP contribution in [-0.2, 0) is 16.4 Å². The SMILES string of the molecule is CCS(=O)(=O)Nc1cccc(N2CCC(N[C@@H](C)Cc3cccs3)CC2)c1. The Hall–Kier alpha value is -1.57. The van der Waals surface area contributed by atoms with Crippen LogP contribution in [0.25, 0.3) is 0 Å². The second-order valence-electron chi connectivity index (χ2n) is 7.17. The Morgan fingerprint density at radius 3 is 2.67 bits per heavy atom. The number of thiophene rings is 1. The number of hydrogen-bond donors (Lipinski definition) is 2. The molecule has 148 valence electrons. The summed E-state index contributed by atoms with van der Waals surface area (Å²) in [5, 5.41) is 5.90. The molecule has 1 aromatic heterocycles. The molecule has 1 aromatic carbocycles. The topological polar surface area (TPSA) is 61.4 Å². The molecule has 0 saturated carbocycles. The molecule has 0 spiro atoms. The molecule has 1 aliphatic rings. The summed E-state index contributed by atoms with van der Waals surface area (Å²) in [5.74, 6) is 0.0813. The molecule has 0 aliphatic carbocycles. The van der Waals surface area contributed by atoms with E-state index in [4.69, 9.17) is 0 Å². The number of rotatable bonds is 8. The minimum atomic E-state index is -3.24. The first-order valence-corrected chi connectivity index (χ1v) is 12.1. The average Bonchev–Trinajstić information content (AvgIpc) is 3.15. The minimum absolute atomic E-state index is 0.0813. The molecule has 1 atom stereocenters. The predicted molar refractivity (Wildman–Crippen MR) is 115 cm³/mol. The lowest BCUT2D eigenvalue weighted by atomic mass is 10.0. The van der Waals surface area contributed by atoms with Gasteiger partial charge in [0, 0.05) is 35.7 Å². The molecule has 2 heterocycles. The Morgan fingerprint density at radius 2 is 2.00 bits per heavy atom. The lowest BCUT2D eigenvalue weighted by Crippen LogP contribution is -2.46. The Balaban J connectivity index is 1.51. The first-order chi connectivity index (χ1) is 12.9. The van der Waals surface area contributed by atoms with Crippen LogP contribution in [0.3, 0.4) is 0 Å². The van der Waals surface area contributed by atoms with Gasteiger partial charge in [-0.05, 0) is 62.8 Å². The molecule has 0 unspecified atom stereocenters. The van der Waals surface area contributed by atoms with Crippen molar-refractivity contribution in [3.8, 4) is 0 Å². The maximum atomic E-state index is 11.8. The second kappa shape index (κ2) is 9.08. The van der Waals surface area contributed by atoms with Gasteiger partial charge in [0.15, 0.2) is 0 Å². The van der Waals surface area contributed by atoms with Gasteiger partial charge in [-0.15, -0.1) is 11.3 Å². The summed E-state index contributed by atoms with van der Waals surface area (Å²) >= 11 is 1.82. The van der Waals surface area contributed by atoms with Gasteiger partial charge < -0.3 is 10.2 Å². The van der Waals surface area contributed by atoms with Crippen molar-refractivity contribution in [3.63, 3.8) is 0 Å². The van der Waals surface area contributed by atoms with Gasteiger partial charge in [0.1, 0.15) is 0 Å². The molecule has 0 radical (unpaired) electrons. The van der Waals surface area contributed by atoms with Crippen molar-refractivity contribution in [1.29, 1.82) is 0 Å². The fourth-order valence-electron chi connectivity index (χ4n) is 3.51. The van der Waals surface area contributed by atoms with Gasteiger partial charge in [-0.3, -0.25) is 4.72 Å². The monoisotopic (exact) mass is 407 g/mol. The van der Waals surface area contributed by atoms with Crippen molar-refractivity contribution in [2.24, 2.45) is 0 Å². The number of benzene rings is 1. The first kappa shape index (κ1) is 20.2. The fourth-order valence-corrected chi connectivity index (χ4v) is 4.98. The number of nitrogens with zero attached hydrogens (tertiary/aromatic N) is 1. The lowest BCUT2D eigenvalue weighted by Gasteiger charge is -2.35. The van der Waals surface area contributed by atoms with E-state index in [1.54, 1.807) is 13.0 Å². The normalized spacial score (nSPS) is 17.0. The summed E-state index contributed by atoms with van der Waals surface area (Å²) in [6.07, 6.45) is 3.27. The Bertz CT molecular complexity index is 814. The zero-order valence-electron chi connectivity index (χ0n) is 16.0. The summed E-state index contributed by atoms with van der Waals surface area (Å²) in [5.41, 5.74) is 1.72.